The van der Waals surface area contributed by atoms with Gasteiger partial charge in [0, 0.05) is 11.1 Å². The van der Waals surface area contributed by atoms with Crippen molar-refractivity contribution in [1.82, 2.24) is 0 Å². The third-order valence-corrected chi connectivity index (χ3v) is 6.16. The summed E-state index contributed by atoms with van der Waals surface area (Å²) >= 11 is -2.14. The van der Waals surface area contributed by atoms with Crippen LogP contribution >= 0.6 is 0 Å². The summed E-state index contributed by atoms with van der Waals surface area (Å²) in [6.07, 6.45) is -4.93. The molecule has 0 spiro atoms. The lowest BCUT2D eigenvalue weighted by molar-refractivity contribution is -0.136. The Morgan fingerprint density at radius 1 is 1.05 bits per heavy atom. The molecule has 1 unspecified atom stereocenters. The van der Waals surface area contributed by atoms with Gasteiger partial charge in [-0.3, -0.25) is 4.79 Å². The summed E-state index contributed by atoms with van der Waals surface area (Å²) in [6.45, 7) is 1.25. The Morgan fingerprint density at radius 2 is 1.73 bits per heavy atom. The van der Waals surface area contributed by atoms with Crippen LogP contribution in [0.4, 0.5) is 23.2 Å². The molecule has 0 aromatic heterocycles. The number of nitrogens with one attached hydrogen (secondary N) is 1. The summed E-state index contributed by atoms with van der Waals surface area (Å²) < 4.78 is 73.0. The maximum atomic E-state index is 14.9. The van der Waals surface area contributed by atoms with Gasteiger partial charge < -0.3 is 16.3 Å². The monoisotopic (exact) mass is 536 g/mol. The van der Waals surface area contributed by atoms with E-state index in [9.17, 15) is 26.6 Å². The molecule has 0 radical (unpaired) electrons. The molecule has 1 atom stereocenters. The first-order chi connectivity index (χ1) is 17.5. The maximum Gasteiger partial charge on any atom is 0.418 e. The number of oxime groups is 1. The normalized spacial score (nSPS) is 13.6. The number of carbonyl (C=O) groups excluding carboxylic acids is 1. The second-order valence-electron chi connectivity index (χ2n) is 7.54. The van der Waals surface area contributed by atoms with Gasteiger partial charge in [-0.1, -0.05) is 47.6 Å². The van der Waals surface area contributed by atoms with Gasteiger partial charge in [0.05, 0.1) is 16.1 Å². The molecule has 0 aliphatic rings. The van der Waals surface area contributed by atoms with E-state index in [1.165, 1.54) is 61.5 Å². The first-order valence-corrected chi connectivity index (χ1v) is 11.4. The van der Waals surface area contributed by atoms with E-state index in [1.54, 1.807) is 0 Å². The number of nitrogens with zero attached hydrogens (tertiary/aromatic N) is 1. The number of amidine groups is 1. The topological polar surface area (TPSA) is 140 Å². The van der Waals surface area contributed by atoms with Crippen LogP contribution in [0.25, 0.3) is 16.7 Å². The number of benzene rings is 3. The van der Waals surface area contributed by atoms with Crippen LogP contribution in [0.15, 0.2) is 82.6 Å². The van der Waals surface area contributed by atoms with E-state index in [2.05, 4.69) is 9.44 Å². The molecule has 1 amide bonds. The molecule has 13 heteroatoms. The molecule has 3 aromatic rings. The van der Waals surface area contributed by atoms with Crippen molar-refractivity contribution < 1.29 is 36.1 Å². The van der Waals surface area contributed by atoms with E-state index in [1.807, 2.05) is 5.32 Å². The largest absolute Gasteiger partial charge is 0.418 e. The number of allylic oxidation sites excluding steroid dienone is 1. The molecule has 0 saturated heterocycles. The van der Waals surface area contributed by atoms with Crippen molar-refractivity contribution in [2.75, 3.05) is 5.32 Å². The zero-order valence-corrected chi connectivity index (χ0v) is 19.9. The number of rotatable bonds is 7. The Hall–Kier alpha value is -4.07. The molecule has 0 fully saturated rings. The van der Waals surface area contributed by atoms with Crippen LogP contribution in [0, 0.1) is 0 Å². The number of hydrogen-bond donors (Lipinski definition) is 4. The highest BCUT2D eigenvalue weighted by Crippen LogP contribution is 2.39. The van der Waals surface area contributed by atoms with Crippen molar-refractivity contribution in [3.8, 4) is 11.1 Å². The molecular weight excluding hydrogens is 516 g/mol. The lowest BCUT2D eigenvalue weighted by atomic mass is 10.0. The van der Waals surface area contributed by atoms with Gasteiger partial charge in [-0.25, -0.2) is 8.60 Å². The number of amides is 1. The van der Waals surface area contributed by atoms with Crippen LogP contribution in [0.3, 0.4) is 0 Å². The number of anilines is 1. The molecule has 0 bridgehead atoms. The van der Waals surface area contributed by atoms with Crippen LogP contribution in [0.5, 0.6) is 0 Å². The Balaban J connectivity index is 2.00. The zero-order valence-electron chi connectivity index (χ0n) is 19.0. The molecule has 194 valence electrons. The van der Waals surface area contributed by atoms with Gasteiger partial charge >= 0.3 is 6.18 Å². The standard InChI is InChI=1S/C24H20F4N4O4S/c1-13(14-5-4-6-16(11-14)22(29)32-34)21(25)23(33)31-19-10-9-15(12-18(19)24(26,27)28)17-7-2-3-8-20(17)37(35)36-30/h2-12,34H,30H2,1H3,(H2,29,32)(H,31,33)/b21-13+. The molecule has 3 rings (SSSR count). The SMILES string of the molecule is C/C(=C(\F)C(=O)Nc1ccc(-c2ccccc2S(=O)ON)cc1C(F)(F)F)c1cccc(/C(N)=N/O)c1. The predicted octanol–water partition coefficient (Wildman–Crippen LogP) is 4.72. The van der Waals surface area contributed by atoms with E-state index in [-0.39, 0.29) is 38.6 Å². The number of hydrogen-bond acceptors (Lipinski definition) is 6. The van der Waals surface area contributed by atoms with Gasteiger partial charge in [0.15, 0.2) is 11.7 Å². The maximum absolute atomic E-state index is 14.9. The average Bonchev–Trinajstić information content (AvgIpc) is 2.90. The third-order valence-electron chi connectivity index (χ3n) is 5.27. The zero-order chi connectivity index (χ0) is 27.3. The number of nitrogens with two attached hydrogens (primary N) is 2. The lowest BCUT2D eigenvalue weighted by Gasteiger charge is -2.16. The smallest absolute Gasteiger partial charge is 0.409 e. The lowest BCUT2D eigenvalue weighted by Crippen LogP contribution is -2.18. The van der Waals surface area contributed by atoms with Crippen LogP contribution in [-0.4, -0.2) is 21.2 Å². The van der Waals surface area contributed by atoms with Crippen LogP contribution in [-0.2, 0) is 26.3 Å². The fourth-order valence-electron chi connectivity index (χ4n) is 3.40. The second-order valence-corrected chi connectivity index (χ2v) is 8.65. The first kappa shape index (κ1) is 27.5. The number of carbonyl (C=O) groups is 1. The third kappa shape index (κ3) is 6.20. The molecule has 8 nitrogen and oxygen atoms in total. The molecule has 0 aliphatic carbocycles. The molecule has 0 heterocycles. The van der Waals surface area contributed by atoms with Crippen molar-refractivity contribution in [2.24, 2.45) is 16.8 Å². The molecule has 3 aromatic carbocycles. The summed E-state index contributed by atoms with van der Waals surface area (Å²) in [6, 6.07) is 14.5. The molecule has 37 heavy (non-hydrogen) atoms. The predicted molar refractivity (Wildman–Crippen MR) is 130 cm³/mol. The van der Waals surface area contributed by atoms with Crippen molar-refractivity contribution in [3.63, 3.8) is 0 Å². The fourth-order valence-corrected chi connectivity index (χ4v) is 4.06. The Bertz CT molecular complexity index is 1420. The molecule has 0 saturated carbocycles. The minimum atomic E-state index is -4.93. The summed E-state index contributed by atoms with van der Waals surface area (Å²) in [5.74, 6) is 1.96. The molecule has 6 N–H and O–H groups in total. The van der Waals surface area contributed by atoms with Crippen LogP contribution in [0.1, 0.15) is 23.6 Å². The van der Waals surface area contributed by atoms with Crippen molar-refractivity contribution in [2.45, 2.75) is 18.0 Å². The highest BCUT2D eigenvalue weighted by molar-refractivity contribution is 7.80. The van der Waals surface area contributed by atoms with Crippen LogP contribution < -0.4 is 16.9 Å². The summed E-state index contributed by atoms with van der Waals surface area (Å²) in [7, 11) is 0. The van der Waals surface area contributed by atoms with E-state index >= 15 is 0 Å². The van der Waals surface area contributed by atoms with Crippen molar-refractivity contribution >= 4 is 34.1 Å². The van der Waals surface area contributed by atoms with E-state index in [0.29, 0.717) is 0 Å². The second kappa shape index (κ2) is 11.3. The van der Waals surface area contributed by atoms with E-state index < -0.39 is 40.2 Å². The van der Waals surface area contributed by atoms with E-state index in [4.69, 9.17) is 16.8 Å². The minimum absolute atomic E-state index is 0.0125. The van der Waals surface area contributed by atoms with Gasteiger partial charge in [-0.05, 0) is 47.9 Å². The highest BCUT2D eigenvalue weighted by Gasteiger charge is 2.35. The van der Waals surface area contributed by atoms with E-state index in [0.717, 1.165) is 12.1 Å². The van der Waals surface area contributed by atoms with Crippen molar-refractivity contribution in [1.29, 1.82) is 0 Å². The Morgan fingerprint density at radius 3 is 2.38 bits per heavy atom. The minimum Gasteiger partial charge on any atom is -0.409 e. The summed E-state index contributed by atoms with van der Waals surface area (Å²) in [4.78, 5) is 12.6. The molecular formula is C24H20F4N4O4S. The molecule has 0 aliphatic heterocycles. The number of alkyl halides is 3. The van der Waals surface area contributed by atoms with Gasteiger partial charge in [-0.2, -0.15) is 23.4 Å². The van der Waals surface area contributed by atoms with Crippen LogP contribution in [0.2, 0.25) is 0 Å². The van der Waals surface area contributed by atoms with Gasteiger partial charge in [0.2, 0.25) is 11.1 Å². The quantitative estimate of drug-likeness (QED) is 0.0861. The first-order valence-electron chi connectivity index (χ1n) is 10.3. The van der Waals surface area contributed by atoms with Gasteiger partial charge in [0.25, 0.3) is 5.91 Å². The Labute approximate surface area is 210 Å². The van der Waals surface area contributed by atoms with Gasteiger partial charge in [0.1, 0.15) is 0 Å². The summed E-state index contributed by atoms with van der Waals surface area (Å²) in [5.41, 5.74) is 3.98. The van der Waals surface area contributed by atoms with Crippen molar-refractivity contribution in [3.05, 3.63) is 89.2 Å². The highest BCUT2D eigenvalue weighted by atomic mass is 32.2. The summed E-state index contributed by atoms with van der Waals surface area (Å²) in [5, 5.41) is 13.6. The fraction of sp³-hybridized carbons (Fsp3) is 0.0833. The average molecular weight is 537 g/mol. The number of halogens is 4. The van der Waals surface area contributed by atoms with Gasteiger partial charge in [-0.15, -0.1) is 0 Å². The Kier molecular flexibility index (Phi) is 8.42.